The average molecular weight is 367 g/mol. The monoisotopic (exact) mass is 367 g/mol. The molecule has 0 aliphatic rings. The fraction of sp³-hybridized carbons (Fsp3) is 0.190. The van der Waals surface area contributed by atoms with Crippen LogP contribution in [0.3, 0.4) is 0 Å². The van der Waals surface area contributed by atoms with Gasteiger partial charge in [-0.05, 0) is 30.5 Å². The molecule has 2 atom stereocenters. The first-order valence-corrected chi connectivity index (χ1v) is 9.44. The van der Waals surface area contributed by atoms with E-state index in [4.69, 9.17) is 4.74 Å². The minimum atomic E-state index is -0.257. The van der Waals surface area contributed by atoms with Crippen molar-refractivity contribution in [1.82, 2.24) is 0 Å². The van der Waals surface area contributed by atoms with Gasteiger partial charge in [-0.25, -0.2) is 0 Å². The first-order valence-electron chi connectivity index (χ1n) is 8.56. The van der Waals surface area contributed by atoms with Crippen LogP contribution in [0.15, 0.2) is 72.1 Å². The number of ether oxygens (including phenoxy) is 1. The first kappa shape index (κ1) is 18.2. The van der Waals surface area contributed by atoms with Crippen LogP contribution in [0, 0.1) is 0 Å². The molecule has 0 aliphatic carbocycles. The van der Waals surface area contributed by atoms with Gasteiger partial charge in [-0.2, -0.15) is 0 Å². The highest BCUT2D eigenvalue weighted by Gasteiger charge is 2.25. The molecule has 1 amide bonds. The summed E-state index contributed by atoms with van der Waals surface area (Å²) in [4.78, 5) is 14.0. The molecular formula is C21H23N2O2S+. The summed E-state index contributed by atoms with van der Waals surface area (Å²) in [6.45, 7) is 1.92. The largest absolute Gasteiger partial charge is 0.495 e. The van der Waals surface area contributed by atoms with Gasteiger partial charge in [-0.1, -0.05) is 48.5 Å². The summed E-state index contributed by atoms with van der Waals surface area (Å²) in [5.41, 5.74) is 1.87. The van der Waals surface area contributed by atoms with E-state index < -0.39 is 0 Å². The number of para-hydroxylation sites is 2. The van der Waals surface area contributed by atoms with E-state index >= 15 is 0 Å². The zero-order valence-corrected chi connectivity index (χ0v) is 15.7. The van der Waals surface area contributed by atoms with Crippen LogP contribution in [0.25, 0.3) is 0 Å². The van der Waals surface area contributed by atoms with Crippen molar-refractivity contribution in [3.63, 3.8) is 0 Å². The van der Waals surface area contributed by atoms with E-state index in [0.29, 0.717) is 11.4 Å². The van der Waals surface area contributed by atoms with Gasteiger partial charge in [0.2, 0.25) is 0 Å². The van der Waals surface area contributed by atoms with Gasteiger partial charge in [0.15, 0.2) is 6.04 Å². The third-order valence-electron chi connectivity index (χ3n) is 4.27. The lowest BCUT2D eigenvalue weighted by Crippen LogP contribution is -2.92. The lowest BCUT2D eigenvalue weighted by molar-refractivity contribution is -0.703. The first-order chi connectivity index (χ1) is 12.7. The van der Waals surface area contributed by atoms with E-state index in [0.717, 1.165) is 0 Å². The number of hydrogen-bond acceptors (Lipinski definition) is 3. The Kier molecular flexibility index (Phi) is 6.04. The van der Waals surface area contributed by atoms with Gasteiger partial charge in [0.25, 0.3) is 5.91 Å². The molecule has 2 aromatic carbocycles. The van der Waals surface area contributed by atoms with Crippen LogP contribution in [0.4, 0.5) is 5.69 Å². The zero-order chi connectivity index (χ0) is 18.4. The van der Waals surface area contributed by atoms with Crippen molar-refractivity contribution in [2.24, 2.45) is 0 Å². The molecule has 4 nitrogen and oxygen atoms in total. The third kappa shape index (κ3) is 4.31. The predicted octanol–water partition coefficient (Wildman–Crippen LogP) is 3.44. The summed E-state index contributed by atoms with van der Waals surface area (Å²) in [5, 5.41) is 7.14. The Morgan fingerprint density at radius 2 is 1.77 bits per heavy atom. The maximum atomic E-state index is 12.7. The van der Waals surface area contributed by atoms with E-state index in [2.05, 4.69) is 34.2 Å². The maximum absolute atomic E-state index is 12.7. The molecule has 1 aromatic heterocycles. The van der Waals surface area contributed by atoms with Crippen LogP contribution in [0.1, 0.15) is 23.4 Å². The smallest absolute Gasteiger partial charge is 0.282 e. The Hall–Kier alpha value is -2.63. The molecule has 5 heteroatoms. The van der Waals surface area contributed by atoms with Crippen LogP contribution in [-0.2, 0) is 4.79 Å². The van der Waals surface area contributed by atoms with Crippen molar-refractivity contribution in [2.75, 3.05) is 12.4 Å². The number of hydrogen-bond donors (Lipinski definition) is 2. The second kappa shape index (κ2) is 8.65. The van der Waals surface area contributed by atoms with Gasteiger partial charge < -0.3 is 15.4 Å². The lowest BCUT2D eigenvalue weighted by atomic mass is 10.0. The van der Waals surface area contributed by atoms with Gasteiger partial charge in [-0.3, -0.25) is 4.79 Å². The van der Waals surface area contributed by atoms with Gasteiger partial charge in [0.05, 0.1) is 17.7 Å². The molecule has 26 heavy (non-hydrogen) atoms. The highest BCUT2D eigenvalue weighted by molar-refractivity contribution is 7.10. The number of amides is 1. The number of carbonyl (C=O) groups is 1. The van der Waals surface area contributed by atoms with Crippen LogP contribution in [0.2, 0.25) is 0 Å². The molecule has 3 rings (SSSR count). The summed E-state index contributed by atoms with van der Waals surface area (Å²) in [6, 6.07) is 21.7. The van der Waals surface area contributed by atoms with Crippen molar-refractivity contribution in [3.05, 3.63) is 82.6 Å². The fourth-order valence-corrected chi connectivity index (χ4v) is 3.70. The van der Waals surface area contributed by atoms with Gasteiger partial charge in [0.1, 0.15) is 11.8 Å². The summed E-state index contributed by atoms with van der Waals surface area (Å²) in [6.07, 6.45) is 0. The number of nitrogens with two attached hydrogens (primary N) is 1. The molecule has 0 fully saturated rings. The molecule has 0 aliphatic heterocycles. The summed E-state index contributed by atoms with van der Waals surface area (Å²) in [7, 11) is 1.60. The number of thiophene rings is 1. The quantitative estimate of drug-likeness (QED) is 0.672. The van der Waals surface area contributed by atoms with E-state index in [9.17, 15) is 4.79 Å². The lowest BCUT2D eigenvalue weighted by Gasteiger charge is -2.20. The number of rotatable bonds is 7. The Labute approximate surface area is 157 Å². The van der Waals surface area contributed by atoms with Crippen LogP contribution < -0.4 is 15.4 Å². The van der Waals surface area contributed by atoms with Crippen molar-refractivity contribution in [3.8, 4) is 5.75 Å². The Bertz CT molecular complexity index is 834. The average Bonchev–Trinajstić information content (AvgIpc) is 3.21. The second-order valence-electron chi connectivity index (χ2n) is 6.07. The van der Waals surface area contributed by atoms with Crippen molar-refractivity contribution >= 4 is 22.9 Å². The van der Waals surface area contributed by atoms with Gasteiger partial charge in [0, 0.05) is 5.56 Å². The van der Waals surface area contributed by atoms with E-state index in [1.807, 2.05) is 55.5 Å². The molecule has 0 unspecified atom stereocenters. The fourth-order valence-electron chi connectivity index (χ4n) is 2.87. The number of nitrogens with one attached hydrogen (secondary N) is 1. The number of quaternary nitrogens is 1. The van der Waals surface area contributed by atoms with Crippen LogP contribution >= 0.6 is 11.3 Å². The standard InChI is InChI=1S/C21H22N2O2S/c1-15(21(24)23-17-11-6-7-12-18(17)25-2)22-20(19-13-8-14-26-19)16-9-4-3-5-10-16/h3-15,20,22H,1-2H3,(H,23,24)/p+1/t15-,20-/m1/s1. The second-order valence-corrected chi connectivity index (χ2v) is 7.05. The van der Waals surface area contributed by atoms with Crippen molar-refractivity contribution in [1.29, 1.82) is 0 Å². The molecule has 0 bridgehead atoms. The van der Waals surface area contributed by atoms with E-state index in [-0.39, 0.29) is 18.0 Å². The molecule has 3 aromatic rings. The van der Waals surface area contributed by atoms with Gasteiger partial charge in [-0.15, -0.1) is 11.3 Å². The van der Waals surface area contributed by atoms with E-state index in [1.54, 1.807) is 18.4 Å². The topological polar surface area (TPSA) is 54.9 Å². The molecule has 0 saturated carbocycles. The molecule has 3 N–H and O–H groups in total. The number of anilines is 1. The third-order valence-corrected chi connectivity index (χ3v) is 5.22. The van der Waals surface area contributed by atoms with Crippen molar-refractivity contribution < 1.29 is 14.8 Å². The molecule has 0 saturated heterocycles. The van der Waals surface area contributed by atoms with E-state index in [1.165, 1.54) is 10.4 Å². The SMILES string of the molecule is COc1ccccc1NC(=O)[C@@H](C)[NH2+][C@H](c1ccccc1)c1cccs1. The van der Waals surface area contributed by atoms with Gasteiger partial charge >= 0.3 is 0 Å². The number of methoxy groups -OCH3 is 1. The minimum Gasteiger partial charge on any atom is -0.495 e. The Morgan fingerprint density at radius 3 is 2.46 bits per heavy atom. The minimum absolute atomic E-state index is 0.0491. The highest BCUT2D eigenvalue weighted by atomic mass is 32.1. The maximum Gasteiger partial charge on any atom is 0.282 e. The Morgan fingerprint density at radius 1 is 1.04 bits per heavy atom. The number of benzene rings is 2. The number of carbonyl (C=O) groups excluding carboxylic acids is 1. The summed E-state index contributed by atoms with van der Waals surface area (Å²) in [5.74, 6) is 0.609. The van der Waals surface area contributed by atoms with Crippen LogP contribution in [0.5, 0.6) is 5.75 Å². The highest BCUT2D eigenvalue weighted by Crippen LogP contribution is 2.24. The summed E-state index contributed by atoms with van der Waals surface area (Å²) >= 11 is 1.71. The summed E-state index contributed by atoms with van der Waals surface area (Å²) < 4.78 is 5.31. The Balaban J connectivity index is 1.75. The zero-order valence-electron chi connectivity index (χ0n) is 14.9. The molecule has 0 spiro atoms. The predicted molar refractivity (Wildman–Crippen MR) is 106 cm³/mol. The molecular weight excluding hydrogens is 344 g/mol. The normalized spacial score (nSPS) is 13.0. The molecule has 0 radical (unpaired) electrons. The van der Waals surface area contributed by atoms with Crippen molar-refractivity contribution in [2.45, 2.75) is 19.0 Å². The molecule has 134 valence electrons. The molecule has 1 heterocycles. The van der Waals surface area contributed by atoms with Crippen LogP contribution in [-0.4, -0.2) is 19.1 Å².